The molecule has 1 aromatic rings. The summed E-state index contributed by atoms with van der Waals surface area (Å²) in [6, 6.07) is 11.2. The fourth-order valence-corrected chi connectivity index (χ4v) is 4.26. The third-order valence-corrected chi connectivity index (χ3v) is 5.66. The minimum atomic E-state index is -0.495. The van der Waals surface area contributed by atoms with Crippen molar-refractivity contribution in [1.29, 1.82) is 5.26 Å². The maximum Gasteiger partial charge on any atom is 0.412 e. The summed E-state index contributed by atoms with van der Waals surface area (Å²) < 4.78 is 5.29. The second-order valence-electron chi connectivity index (χ2n) is 8.85. The van der Waals surface area contributed by atoms with E-state index in [1.165, 1.54) is 12.0 Å². The van der Waals surface area contributed by atoms with Gasteiger partial charge in [0.2, 0.25) is 0 Å². The molecule has 0 spiro atoms. The fourth-order valence-electron chi connectivity index (χ4n) is 4.26. The van der Waals surface area contributed by atoms with Gasteiger partial charge in [-0.05, 0) is 89.6 Å². The molecule has 1 aromatic carbocycles. The number of hydrogen-bond acceptors (Lipinski definition) is 4. The molecular formula is C22H31N3O2. The molecule has 146 valence electrons. The number of benzene rings is 1. The minimum Gasteiger partial charge on any atom is -0.444 e. The van der Waals surface area contributed by atoms with Crippen LogP contribution in [0.3, 0.4) is 0 Å². The Hall–Kier alpha value is -2.06. The SMILES string of the molecule is CC(C)(C)OC(=O)Nc1ccc(C2CCN(C3CCC(C#N)C3)CC2)cc1. The molecule has 5 heteroatoms. The van der Waals surface area contributed by atoms with Crippen LogP contribution in [0.25, 0.3) is 0 Å². The summed E-state index contributed by atoms with van der Waals surface area (Å²) in [5, 5.41) is 11.9. The molecule has 1 saturated carbocycles. The highest BCUT2D eigenvalue weighted by Crippen LogP contribution is 2.34. The van der Waals surface area contributed by atoms with Crippen LogP contribution in [0, 0.1) is 17.2 Å². The maximum atomic E-state index is 11.9. The zero-order valence-corrected chi connectivity index (χ0v) is 16.7. The average Bonchev–Trinajstić information content (AvgIpc) is 3.10. The smallest absolute Gasteiger partial charge is 0.412 e. The van der Waals surface area contributed by atoms with Gasteiger partial charge in [0, 0.05) is 17.6 Å². The number of ether oxygens (including phenoxy) is 1. The van der Waals surface area contributed by atoms with Gasteiger partial charge in [-0.3, -0.25) is 5.32 Å². The van der Waals surface area contributed by atoms with E-state index in [4.69, 9.17) is 10.00 Å². The lowest BCUT2D eigenvalue weighted by molar-refractivity contribution is 0.0636. The zero-order valence-electron chi connectivity index (χ0n) is 16.7. The number of carbonyl (C=O) groups is 1. The number of anilines is 1. The molecule has 2 unspecified atom stereocenters. The monoisotopic (exact) mass is 369 g/mol. The topological polar surface area (TPSA) is 65.4 Å². The molecule has 0 aromatic heterocycles. The van der Waals surface area contributed by atoms with E-state index in [-0.39, 0.29) is 5.92 Å². The number of piperidine rings is 1. The van der Waals surface area contributed by atoms with E-state index in [1.807, 2.05) is 32.9 Å². The van der Waals surface area contributed by atoms with Crippen molar-refractivity contribution in [3.05, 3.63) is 29.8 Å². The predicted octanol–water partition coefficient (Wildman–Crippen LogP) is 4.91. The summed E-state index contributed by atoms with van der Waals surface area (Å²) in [6.07, 6.45) is 5.18. The van der Waals surface area contributed by atoms with Crippen LogP contribution < -0.4 is 5.32 Å². The number of hydrogen-bond donors (Lipinski definition) is 1. The van der Waals surface area contributed by atoms with Gasteiger partial charge < -0.3 is 9.64 Å². The maximum absolute atomic E-state index is 11.9. The van der Waals surface area contributed by atoms with Gasteiger partial charge in [-0.15, -0.1) is 0 Å². The van der Waals surface area contributed by atoms with E-state index in [0.717, 1.165) is 44.5 Å². The Morgan fingerprint density at radius 3 is 2.37 bits per heavy atom. The first-order chi connectivity index (χ1) is 12.8. The summed E-state index contributed by atoms with van der Waals surface area (Å²) in [6.45, 7) is 7.80. The van der Waals surface area contributed by atoms with E-state index < -0.39 is 11.7 Å². The Morgan fingerprint density at radius 2 is 1.81 bits per heavy atom. The third kappa shape index (κ3) is 5.46. The predicted molar refractivity (Wildman–Crippen MR) is 107 cm³/mol. The van der Waals surface area contributed by atoms with E-state index in [2.05, 4.69) is 28.4 Å². The van der Waals surface area contributed by atoms with Crippen molar-refractivity contribution in [3.63, 3.8) is 0 Å². The lowest BCUT2D eigenvalue weighted by atomic mass is 9.88. The highest BCUT2D eigenvalue weighted by molar-refractivity contribution is 5.84. The van der Waals surface area contributed by atoms with E-state index in [9.17, 15) is 4.79 Å². The molecule has 1 heterocycles. The van der Waals surface area contributed by atoms with Crippen LogP contribution in [-0.4, -0.2) is 35.7 Å². The van der Waals surface area contributed by atoms with Gasteiger partial charge in [0.25, 0.3) is 0 Å². The second-order valence-corrected chi connectivity index (χ2v) is 8.85. The molecule has 0 bridgehead atoms. The number of nitrogens with zero attached hydrogens (tertiary/aromatic N) is 2. The minimum absolute atomic E-state index is 0.262. The van der Waals surface area contributed by atoms with Gasteiger partial charge in [-0.1, -0.05) is 12.1 Å². The average molecular weight is 370 g/mol. The highest BCUT2D eigenvalue weighted by atomic mass is 16.6. The summed E-state index contributed by atoms with van der Waals surface area (Å²) in [5.74, 6) is 0.836. The summed E-state index contributed by atoms with van der Waals surface area (Å²) in [5.41, 5.74) is 1.61. The summed E-state index contributed by atoms with van der Waals surface area (Å²) in [7, 11) is 0. The van der Waals surface area contributed by atoms with Crippen LogP contribution in [0.15, 0.2) is 24.3 Å². The van der Waals surface area contributed by atoms with E-state index in [0.29, 0.717) is 12.0 Å². The largest absolute Gasteiger partial charge is 0.444 e. The summed E-state index contributed by atoms with van der Waals surface area (Å²) >= 11 is 0. The fraction of sp³-hybridized carbons (Fsp3) is 0.636. The van der Waals surface area contributed by atoms with Crippen LogP contribution in [0.2, 0.25) is 0 Å². The number of rotatable bonds is 3. The Labute approximate surface area is 162 Å². The van der Waals surface area contributed by atoms with Crippen LogP contribution in [0.4, 0.5) is 10.5 Å². The van der Waals surface area contributed by atoms with Gasteiger partial charge in [0.15, 0.2) is 0 Å². The normalized spacial score (nSPS) is 24.4. The highest BCUT2D eigenvalue weighted by Gasteiger charge is 2.31. The van der Waals surface area contributed by atoms with Gasteiger partial charge in [0.05, 0.1) is 6.07 Å². The quantitative estimate of drug-likeness (QED) is 0.822. The Kier molecular flexibility index (Phi) is 6.06. The van der Waals surface area contributed by atoms with E-state index in [1.54, 1.807) is 0 Å². The molecule has 3 rings (SSSR count). The lowest BCUT2D eigenvalue weighted by Gasteiger charge is -2.36. The molecule has 1 amide bonds. The Bertz CT molecular complexity index is 679. The van der Waals surface area contributed by atoms with Crippen molar-refractivity contribution >= 4 is 11.8 Å². The third-order valence-electron chi connectivity index (χ3n) is 5.66. The number of nitriles is 1. The zero-order chi connectivity index (χ0) is 19.4. The van der Waals surface area contributed by atoms with Crippen LogP contribution >= 0.6 is 0 Å². The first kappa shape index (κ1) is 19.7. The molecule has 1 N–H and O–H groups in total. The molecule has 2 atom stereocenters. The second kappa shape index (κ2) is 8.31. The lowest BCUT2D eigenvalue weighted by Crippen LogP contribution is -2.39. The number of carbonyl (C=O) groups excluding carboxylic acids is 1. The van der Waals surface area contributed by atoms with Crippen molar-refractivity contribution in [2.75, 3.05) is 18.4 Å². The molecule has 2 aliphatic rings. The molecular weight excluding hydrogens is 338 g/mol. The van der Waals surface area contributed by atoms with Gasteiger partial charge in [-0.25, -0.2) is 4.79 Å². The van der Waals surface area contributed by atoms with Gasteiger partial charge in [0.1, 0.15) is 5.60 Å². The summed E-state index contributed by atoms with van der Waals surface area (Å²) in [4.78, 5) is 14.5. The molecule has 1 aliphatic carbocycles. The van der Waals surface area contributed by atoms with Crippen molar-refractivity contribution in [2.24, 2.45) is 5.92 Å². The molecule has 0 radical (unpaired) electrons. The molecule has 2 fully saturated rings. The molecule has 1 saturated heterocycles. The first-order valence-electron chi connectivity index (χ1n) is 10.1. The number of amides is 1. The van der Waals surface area contributed by atoms with E-state index >= 15 is 0 Å². The van der Waals surface area contributed by atoms with Gasteiger partial charge in [-0.2, -0.15) is 5.26 Å². The van der Waals surface area contributed by atoms with Crippen molar-refractivity contribution in [3.8, 4) is 6.07 Å². The Balaban J connectivity index is 1.49. The molecule has 27 heavy (non-hydrogen) atoms. The standard InChI is InChI=1S/C22H31N3O2/c1-22(2,3)27-21(26)24-19-7-5-17(6-8-19)18-10-12-25(13-11-18)20-9-4-16(14-20)15-23/h5-8,16,18,20H,4,9-14H2,1-3H3,(H,24,26). The first-order valence-corrected chi connectivity index (χ1v) is 10.1. The molecule has 5 nitrogen and oxygen atoms in total. The number of nitrogens with one attached hydrogen (secondary N) is 1. The van der Waals surface area contributed by atoms with Crippen molar-refractivity contribution < 1.29 is 9.53 Å². The van der Waals surface area contributed by atoms with Crippen LogP contribution in [-0.2, 0) is 4.74 Å². The van der Waals surface area contributed by atoms with Crippen molar-refractivity contribution in [2.45, 2.75) is 70.4 Å². The number of likely N-dealkylation sites (tertiary alicyclic amines) is 1. The van der Waals surface area contributed by atoms with Crippen LogP contribution in [0.5, 0.6) is 0 Å². The van der Waals surface area contributed by atoms with Crippen molar-refractivity contribution in [1.82, 2.24) is 4.90 Å². The van der Waals surface area contributed by atoms with Crippen LogP contribution in [0.1, 0.15) is 64.4 Å². The Morgan fingerprint density at radius 1 is 1.15 bits per heavy atom. The molecule has 1 aliphatic heterocycles. The van der Waals surface area contributed by atoms with Gasteiger partial charge >= 0.3 is 6.09 Å².